The minimum absolute atomic E-state index is 0.000170. The molecule has 1 N–H and O–H groups in total. The number of carboxylic acid groups (broad SMARTS) is 1. The van der Waals surface area contributed by atoms with Gasteiger partial charge in [0, 0.05) is 30.9 Å². The molecule has 1 amide bonds. The number of halogens is 1. The first-order chi connectivity index (χ1) is 16.8. The van der Waals surface area contributed by atoms with Gasteiger partial charge in [-0.2, -0.15) is 0 Å². The topological polar surface area (TPSA) is 76.1 Å². The fourth-order valence-electron chi connectivity index (χ4n) is 6.27. The Labute approximate surface area is 205 Å². The number of hydrogen-bond acceptors (Lipinski definition) is 4. The van der Waals surface area contributed by atoms with Crippen LogP contribution in [0.4, 0.5) is 4.39 Å². The third-order valence-electron chi connectivity index (χ3n) is 8.15. The molecule has 0 aromatic heterocycles. The molecule has 6 nitrogen and oxygen atoms in total. The largest absolute Gasteiger partial charge is 0.487 e. The number of likely N-dealkylation sites (tertiary alicyclic amines) is 1. The Morgan fingerprint density at radius 1 is 1.14 bits per heavy atom. The smallest absolute Gasteiger partial charge is 0.303 e. The normalized spacial score (nSPS) is 29.4. The number of aliphatic carboxylic acids is 1. The van der Waals surface area contributed by atoms with Gasteiger partial charge in [0.25, 0.3) is 0 Å². The van der Waals surface area contributed by atoms with Crippen LogP contribution >= 0.6 is 0 Å². The van der Waals surface area contributed by atoms with E-state index in [9.17, 15) is 19.1 Å². The number of para-hydroxylation sites is 1. The van der Waals surface area contributed by atoms with Crippen molar-refractivity contribution in [2.75, 3.05) is 13.2 Å². The van der Waals surface area contributed by atoms with E-state index in [1.165, 1.54) is 6.07 Å². The molecular formula is C28H32FNO5. The van der Waals surface area contributed by atoms with E-state index in [2.05, 4.69) is 0 Å². The molecule has 35 heavy (non-hydrogen) atoms. The molecule has 3 aliphatic heterocycles. The number of carboxylic acids is 1. The lowest BCUT2D eigenvalue weighted by Crippen LogP contribution is -2.60. The Hall–Kier alpha value is -2.93. The highest BCUT2D eigenvalue weighted by atomic mass is 19.1. The van der Waals surface area contributed by atoms with Gasteiger partial charge in [-0.25, -0.2) is 4.39 Å². The van der Waals surface area contributed by atoms with Crippen LogP contribution in [0.15, 0.2) is 48.5 Å². The van der Waals surface area contributed by atoms with E-state index >= 15 is 0 Å². The average Bonchev–Trinajstić information content (AvgIpc) is 3.25. The number of hydrogen-bond donors (Lipinski definition) is 1. The minimum atomic E-state index is -0.859. The number of amides is 1. The molecule has 0 saturated carbocycles. The summed E-state index contributed by atoms with van der Waals surface area (Å²) in [6.07, 6.45) is 3.16. The maximum absolute atomic E-state index is 14.1. The first-order valence-corrected chi connectivity index (χ1v) is 12.5. The molecule has 4 atom stereocenters. The Morgan fingerprint density at radius 2 is 1.91 bits per heavy atom. The molecule has 0 unspecified atom stereocenters. The SMILES string of the molecule is C[C@@]1(CCC(=O)O)Oc2ccccc2[C@@H]2OC[C@]3(CCCN3C(=O)CCc3ccccc3F)C[C@H]21. The second kappa shape index (κ2) is 9.26. The fourth-order valence-corrected chi connectivity index (χ4v) is 6.27. The van der Waals surface area contributed by atoms with Gasteiger partial charge < -0.3 is 19.5 Å². The third kappa shape index (κ3) is 4.42. The summed E-state index contributed by atoms with van der Waals surface area (Å²) in [6.45, 7) is 3.06. The predicted octanol–water partition coefficient (Wildman–Crippen LogP) is 4.91. The van der Waals surface area contributed by atoms with Crippen LogP contribution in [-0.4, -0.2) is 46.2 Å². The Bertz CT molecular complexity index is 1120. The second-order valence-electron chi connectivity index (χ2n) is 10.4. The molecule has 2 fully saturated rings. The highest BCUT2D eigenvalue weighted by molar-refractivity contribution is 5.78. The zero-order chi connectivity index (χ0) is 24.6. The lowest BCUT2D eigenvalue weighted by atomic mass is 9.68. The molecule has 5 rings (SSSR count). The standard InChI is InChI=1S/C28H32FNO5/c1-27(15-13-25(32)33)21-17-28(18-34-26(21)20-8-3-5-10-23(20)35-27)14-6-16-30(28)24(31)12-11-19-7-2-4-9-22(19)29/h2-5,7-10,21,26H,6,11-18H2,1H3,(H,32,33)/t21-,26+,27+,28+/m1/s1. The van der Waals surface area contributed by atoms with E-state index in [4.69, 9.17) is 9.47 Å². The number of carbonyl (C=O) groups excluding carboxylic acids is 1. The van der Waals surface area contributed by atoms with Crippen LogP contribution in [0.1, 0.15) is 62.7 Å². The van der Waals surface area contributed by atoms with Crippen molar-refractivity contribution in [3.63, 3.8) is 0 Å². The first-order valence-electron chi connectivity index (χ1n) is 12.5. The van der Waals surface area contributed by atoms with Crippen LogP contribution < -0.4 is 4.74 Å². The van der Waals surface area contributed by atoms with Crippen molar-refractivity contribution in [2.24, 2.45) is 5.92 Å². The third-order valence-corrected chi connectivity index (χ3v) is 8.15. The summed E-state index contributed by atoms with van der Waals surface area (Å²) in [5, 5.41) is 9.38. The summed E-state index contributed by atoms with van der Waals surface area (Å²) < 4.78 is 27.1. The zero-order valence-corrected chi connectivity index (χ0v) is 20.0. The summed E-state index contributed by atoms with van der Waals surface area (Å²) >= 11 is 0. The number of aryl methyl sites for hydroxylation is 1. The van der Waals surface area contributed by atoms with Gasteiger partial charge in [-0.1, -0.05) is 36.4 Å². The quantitative estimate of drug-likeness (QED) is 0.634. The van der Waals surface area contributed by atoms with E-state index in [1.54, 1.807) is 18.2 Å². The summed E-state index contributed by atoms with van der Waals surface area (Å²) in [6, 6.07) is 14.4. The van der Waals surface area contributed by atoms with Gasteiger partial charge in [0.1, 0.15) is 17.2 Å². The van der Waals surface area contributed by atoms with Gasteiger partial charge >= 0.3 is 5.97 Å². The molecule has 2 saturated heterocycles. The van der Waals surface area contributed by atoms with Crippen molar-refractivity contribution < 1.29 is 28.6 Å². The molecule has 3 aliphatic rings. The van der Waals surface area contributed by atoms with E-state index in [0.717, 1.165) is 24.2 Å². The van der Waals surface area contributed by atoms with Crippen molar-refractivity contribution in [1.29, 1.82) is 0 Å². The van der Waals surface area contributed by atoms with E-state index in [1.807, 2.05) is 36.1 Å². The molecule has 0 aliphatic carbocycles. The maximum Gasteiger partial charge on any atom is 0.303 e. The monoisotopic (exact) mass is 481 g/mol. The average molecular weight is 482 g/mol. The first kappa shape index (κ1) is 23.8. The molecule has 0 radical (unpaired) electrons. The Kier molecular flexibility index (Phi) is 6.30. The molecule has 7 heteroatoms. The van der Waals surface area contributed by atoms with Crippen molar-refractivity contribution in [2.45, 2.75) is 69.1 Å². The van der Waals surface area contributed by atoms with Gasteiger partial charge in [-0.05, 0) is 56.7 Å². The van der Waals surface area contributed by atoms with Crippen molar-refractivity contribution in [3.05, 3.63) is 65.5 Å². The lowest BCUT2D eigenvalue weighted by molar-refractivity contribution is -0.180. The molecule has 2 aromatic rings. The highest BCUT2D eigenvalue weighted by Crippen LogP contribution is 2.55. The minimum Gasteiger partial charge on any atom is -0.487 e. The van der Waals surface area contributed by atoms with Crippen LogP contribution in [0.25, 0.3) is 0 Å². The van der Waals surface area contributed by atoms with Gasteiger partial charge in [0.2, 0.25) is 5.91 Å². The fraction of sp³-hybridized carbons (Fsp3) is 0.500. The number of carbonyl (C=O) groups is 2. The van der Waals surface area contributed by atoms with Gasteiger partial charge in [-0.15, -0.1) is 0 Å². The van der Waals surface area contributed by atoms with E-state index in [0.29, 0.717) is 38.0 Å². The summed E-state index contributed by atoms with van der Waals surface area (Å²) in [5.41, 5.74) is 0.353. The predicted molar refractivity (Wildman–Crippen MR) is 128 cm³/mol. The summed E-state index contributed by atoms with van der Waals surface area (Å²) in [5.74, 6) is -0.487. The van der Waals surface area contributed by atoms with E-state index < -0.39 is 17.1 Å². The van der Waals surface area contributed by atoms with E-state index in [-0.39, 0.29) is 36.6 Å². The summed E-state index contributed by atoms with van der Waals surface area (Å²) in [4.78, 5) is 26.8. The molecular weight excluding hydrogens is 449 g/mol. The Balaban J connectivity index is 1.39. The molecule has 3 heterocycles. The van der Waals surface area contributed by atoms with Crippen molar-refractivity contribution in [3.8, 4) is 5.75 Å². The van der Waals surface area contributed by atoms with Gasteiger partial charge in [0.05, 0.1) is 18.2 Å². The number of fused-ring (bicyclic) bond motifs is 3. The number of nitrogens with zero attached hydrogens (tertiary/aromatic N) is 1. The molecule has 1 spiro atoms. The van der Waals surface area contributed by atoms with Crippen molar-refractivity contribution in [1.82, 2.24) is 4.90 Å². The Morgan fingerprint density at radius 3 is 2.71 bits per heavy atom. The maximum atomic E-state index is 14.1. The van der Waals surface area contributed by atoms with Crippen LogP contribution in [0.5, 0.6) is 5.75 Å². The van der Waals surface area contributed by atoms with Crippen LogP contribution in [0.3, 0.4) is 0 Å². The van der Waals surface area contributed by atoms with Crippen molar-refractivity contribution >= 4 is 11.9 Å². The van der Waals surface area contributed by atoms with Gasteiger partial charge in [0.15, 0.2) is 0 Å². The van der Waals surface area contributed by atoms with Crippen LogP contribution in [0, 0.1) is 11.7 Å². The van der Waals surface area contributed by atoms with Crippen LogP contribution in [-0.2, 0) is 20.7 Å². The lowest BCUT2D eigenvalue weighted by Gasteiger charge is -2.54. The molecule has 186 valence electrons. The zero-order valence-electron chi connectivity index (χ0n) is 20.0. The summed E-state index contributed by atoms with van der Waals surface area (Å²) in [7, 11) is 0. The molecule has 0 bridgehead atoms. The highest BCUT2D eigenvalue weighted by Gasteiger charge is 2.57. The van der Waals surface area contributed by atoms with Crippen LogP contribution in [0.2, 0.25) is 0 Å². The second-order valence-corrected chi connectivity index (χ2v) is 10.4. The number of rotatable bonds is 6. The van der Waals surface area contributed by atoms with Gasteiger partial charge in [-0.3, -0.25) is 9.59 Å². The molecule has 2 aromatic carbocycles. The number of ether oxygens (including phenoxy) is 2. The number of benzene rings is 2.